The number of carbonyl (C=O) groups excluding carboxylic acids is 2. The van der Waals surface area contributed by atoms with E-state index in [-0.39, 0.29) is 5.91 Å². The number of amides is 1. The van der Waals surface area contributed by atoms with Gasteiger partial charge in [-0.3, -0.25) is 4.79 Å². The molecule has 144 valence electrons. The number of carbonyl (C=O) groups is 2. The van der Waals surface area contributed by atoms with Gasteiger partial charge in [0.2, 0.25) is 5.91 Å². The van der Waals surface area contributed by atoms with Gasteiger partial charge >= 0.3 is 5.97 Å². The maximum absolute atomic E-state index is 12.1. The molecule has 0 aliphatic rings. The number of rotatable bonds is 9. The van der Waals surface area contributed by atoms with Gasteiger partial charge in [0.25, 0.3) is 0 Å². The second-order valence-corrected chi connectivity index (χ2v) is 6.02. The molecule has 6 nitrogen and oxygen atoms in total. The summed E-state index contributed by atoms with van der Waals surface area (Å²) in [5.41, 5.74) is 3.15. The first-order valence-corrected chi connectivity index (χ1v) is 9.14. The molecule has 2 aromatic carbocycles. The number of benzene rings is 2. The van der Waals surface area contributed by atoms with Crippen LogP contribution in [0.15, 0.2) is 48.5 Å². The van der Waals surface area contributed by atoms with Crippen molar-refractivity contribution in [3.8, 4) is 0 Å². The Labute approximate surface area is 160 Å². The number of ether oxygens (including phenoxy) is 1. The minimum atomic E-state index is -0.430. The van der Waals surface area contributed by atoms with Crippen molar-refractivity contribution in [2.45, 2.75) is 20.3 Å². The van der Waals surface area contributed by atoms with Crippen molar-refractivity contribution in [1.82, 2.24) is 0 Å². The van der Waals surface area contributed by atoms with Gasteiger partial charge in [-0.25, -0.2) is 4.79 Å². The summed E-state index contributed by atoms with van der Waals surface area (Å²) in [5.74, 6) is -0.551. The summed E-state index contributed by atoms with van der Waals surface area (Å²) in [4.78, 5) is 25.9. The maximum Gasteiger partial charge on any atom is 0.337 e. The minimum absolute atomic E-state index is 0.121. The Morgan fingerprint density at radius 1 is 1.00 bits per heavy atom. The van der Waals surface area contributed by atoms with Crippen LogP contribution in [0.4, 0.5) is 17.1 Å². The van der Waals surface area contributed by atoms with Gasteiger partial charge in [-0.15, -0.1) is 0 Å². The molecule has 2 rings (SSSR count). The Kier molecular flexibility index (Phi) is 7.67. The average Bonchev–Trinajstić information content (AvgIpc) is 2.69. The van der Waals surface area contributed by atoms with Gasteiger partial charge < -0.3 is 20.3 Å². The van der Waals surface area contributed by atoms with Crippen molar-refractivity contribution in [1.29, 1.82) is 0 Å². The highest BCUT2D eigenvalue weighted by Gasteiger charge is 2.08. The molecule has 27 heavy (non-hydrogen) atoms. The number of methoxy groups -OCH3 is 1. The smallest absolute Gasteiger partial charge is 0.337 e. The lowest BCUT2D eigenvalue weighted by Crippen LogP contribution is -2.21. The molecule has 0 saturated carbocycles. The SMILES string of the molecule is CCN(CC)c1ccc(NCCC(=O)Nc2cccc(C(=O)OC)c2)cc1. The lowest BCUT2D eigenvalue weighted by molar-refractivity contribution is -0.115. The topological polar surface area (TPSA) is 70.7 Å². The molecule has 0 bridgehead atoms. The monoisotopic (exact) mass is 369 g/mol. The average molecular weight is 369 g/mol. The van der Waals surface area contributed by atoms with Crippen molar-refractivity contribution in [2.24, 2.45) is 0 Å². The lowest BCUT2D eigenvalue weighted by Gasteiger charge is -2.21. The molecular weight excluding hydrogens is 342 g/mol. The summed E-state index contributed by atoms with van der Waals surface area (Å²) < 4.78 is 4.68. The van der Waals surface area contributed by atoms with Crippen LogP contribution in [0.5, 0.6) is 0 Å². The molecule has 0 radical (unpaired) electrons. The number of esters is 1. The molecule has 1 amide bonds. The first-order valence-electron chi connectivity index (χ1n) is 9.14. The molecule has 2 N–H and O–H groups in total. The number of nitrogens with one attached hydrogen (secondary N) is 2. The highest BCUT2D eigenvalue weighted by atomic mass is 16.5. The molecule has 0 fully saturated rings. The van der Waals surface area contributed by atoms with Gasteiger partial charge in [0.15, 0.2) is 0 Å². The summed E-state index contributed by atoms with van der Waals surface area (Å²) in [5, 5.41) is 6.04. The number of hydrogen-bond donors (Lipinski definition) is 2. The highest BCUT2D eigenvalue weighted by Crippen LogP contribution is 2.17. The van der Waals surface area contributed by atoms with Crippen LogP contribution in [0.1, 0.15) is 30.6 Å². The van der Waals surface area contributed by atoms with Crippen LogP contribution < -0.4 is 15.5 Å². The Bertz CT molecular complexity index is 756. The third-order valence-electron chi connectivity index (χ3n) is 4.24. The van der Waals surface area contributed by atoms with E-state index in [9.17, 15) is 9.59 Å². The Morgan fingerprint density at radius 2 is 1.70 bits per heavy atom. The fourth-order valence-corrected chi connectivity index (χ4v) is 2.76. The summed E-state index contributed by atoms with van der Waals surface area (Å²) in [6.07, 6.45) is 0.320. The molecule has 0 aliphatic heterocycles. The Morgan fingerprint density at radius 3 is 2.33 bits per heavy atom. The molecule has 0 aliphatic carbocycles. The minimum Gasteiger partial charge on any atom is -0.465 e. The molecule has 0 saturated heterocycles. The van der Waals surface area contributed by atoms with Crippen LogP contribution >= 0.6 is 0 Å². The highest BCUT2D eigenvalue weighted by molar-refractivity contribution is 5.94. The molecule has 0 atom stereocenters. The third-order valence-corrected chi connectivity index (χ3v) is 4.24. The quantitative estimate of drug-likeness (QED) is 0.659. The zero-order chi connectivity index (χ0) is 19.6. The molecule has 0 heterocycles. The van der Waals surface area contributed by atoms with Crippen molar-refractivity contribution >= 4 is 28.9 Å². The fraction of sp³-hybridized carbons (Fsp3) is 0.333. The number of nitrogens with zero attached hydrogens (tertiary/aromatic N) is 1. The van der Waals surface area contributed by atoms with E-state index in [4.69, 9.17) is 0 Å². The number of hydrogen-bond acceptors (Lipinski definition) is 5. The van der Waals surface area contributed by atoms with Crippen LogP contribution in [0.25, 0.3) is 0 Å². The molecule has 0 spiro atoms. The summed E-state index contributed by atoms with van der Waals surface area (Å²) in [7, 11) is 1.33. The third kappa shape index (κ3) is 6.02. The van der Waals surface area contributed by atoms with Crippen LogP contribution in [-0.2, 0) is 9.53 Å². The Balaban J connectivity index is 1.81. The summed E-state index contributed by atoms with van der Waals surface area (Å²) in [6.45, 7) is 6.73. The molecular formula is C21H27N3O3. The maximum atomic E-state index is 12.1. The first kappa shape index (κ1) is 20.3. The first-order chi connectivity index (χ1) is 13.1. The van der Waals surface area contributed by atoms with Gasteiger partial charge in [-0.05, 0) is 56.3 Å². The largest absolute Gasteiger partial charge is 0.465 e. The van der Waals surface area contributed by atoms with E-state index in [1.165, 1.54) is 12.8 Å². The van der Waals surface area contributed by atoms with Gasteiger partial charge in [-0.2, -0.15) is 0 Å². The van der Waals surface area contributed by atoms with E-state index in [1.807, 2.05) is 12.1 Å². The van der Waals surface area contributed by atoms with E-state index in [0.717, 1.165) is 18.8 Å². The number of anilines is 3. The second-order valence-electron chi connectivity index (χ2n) is 6.02. The van der Waals surface area contributed by atoms with Gasteiger partial charge in [0.1, 0.15) is 0 Å². The zero-order valence-corrected chi connectivity index (χ0v) is 16.1. The van der Waals surface area contributed by atoms with Gasteiger partial charge in [-0.1, -0.05) is 6.07 Å². The Hall–Kier alpha value is -3.02. The molecule has 2 aromatic rings. The van der Waals surface area contributed by atoms with Crippen molar-refractivity contribution < 1.29 is 14.3 Å². The standard InChI is InChI=1S/C21H27N3O3/c1-4-24(5-2)19-11-9-17(10-12-19)22-14-13-20(25)23-18-8-6-7-16(15-18)21(26)27-3/h6-12,15,22H,4-5,13-14H2,1-3H3,(H,23,25). The fourth-order valence-electron chi connectivity index (χ4n) is 2.76. The normalized spacial score (nSPS) is 10.2. The van der Waals surface area contributed by atoms with E-state index < -0.39 is 5.97 Å². The van der Waals surface area contributed by atoms with Crippen molar-refractivity contribution in [3.05, 3.63) is 54.1 Å². The zero-order valence-electron chi connectivity index (χ0n) is 16.1. The predicted molar refractivity (Wildman–Crippen MR) is 110 cm³/mol. The molecule has 0 unspecified atom stereocenters. The molecule has 0 aromatic heterocycles. The van der Waals surface area contributed by atoms with Gasteiger partial charge in [0, 0.05) is 43.1 Å². The van der Waals surface area contributed by atoms with E-state index >= 15 is 0 Å². The van der Waals surface area contributed by atoms with Crippen molar-refractivity contribution in [2.75, 3.05) is 42.3 Å². The molecule has 6 heteroatoms. The van der Waals surface area contributed by atoms with Crippen molar-refractivity contribution in [3.63, 3.8) is 0 Å². The summed E-state index contributed by atoms with van der Waals surface area (Å²) >= 11 is 0. The van der Waals surface area contributed by atoms with Crippen LogP contribution in [0.3, 0.4) is 0 Å². The van der Waals surface area contributed by atoms with Gasteiger partial charge in [0.05, 0.1) is 12.7 Å². The van der Waals surface area contributed by atoms with E-state index in [0.29, 0.717) is 24.2 Å². The second kappa shape index (κ2) is 10.2. The van der Waals surface area contributed by atoms with Crippen LogP contribution in [-0.4, -0.2) is 38.6 Å². The van der Waals surface area contributed by atoms with E-state index in [1.54, 1.807) is 24.3 Å². The van der Waals surface area contributed by atoms with E-state index in [2.05, 4.69) is 46.3 Å². The summed E-state index contributed by atoms with van der Waals surface area (Å²) in [6, 6.07) is 14.9. The predicted octanol–water partition coefficient (Wildman–Crippen LogP) is 3.76. The lowest BCUT2D eigenvalue weighted by atomic mass is 10.2. The van der Waals surface area contributed by atoms with Crippen LogP contribution in [0.2, 0.25) is 0 Å². The van der Waals surface area contributed by atoms with Crippen LogP contribution in [0, 0.1) is 0 Å².